The largest absolute Gasteiger partial charge is 0.395 e. The van der Waals surface area contributed by atoms with Crippen LogP contribution in [0.4, 0.5) is 5.69 Å². The SMILES string of the molecule is N=C(N)c1cc(Cl)ccc1N(CCO)Cc1ccccc1. The van der Waals surface area contributed by atoms with Gasteiger partial charge in [0, 0.05) is 29.4 Å². The van der Waals surface area contributed by atoms with E-state index < -0.39 is 0 Å². The van der Waals surface area contributed by atoms with Gasteiger partial charge in [-0.05, 0) is 23.8 Å². The van der Waals surface area contributed by atoms with E-state index in [0.29, 0.717) is 23.7 Å². The van der Waals surface area contributed by atoms with Gasteiger partial charge in [0.15, 0.2) is 0 Å². The monoisotopic (exact) mass is 303 g/mol. The number of amidine groups is 1. The van der Waals surface area contributed by atoms with E-state index in [1.807, 2.05) is 41.3 Å². The third-order valence-corrected chi connectivity index (χ3v) is 3.41. The van der Waals surface area contributed by atoms with Crippen molar-refractivity contribution in [2.75, 3.05) is 18.1 Å². The van der Waals surface area contributed by atoms with Crippen LogP contribution >= 0.6 is 11.6 Å². The Hall–Kier alpha value is -2.04. The summed E-state index contributed by atoms with van der Waals surface area (Å²) in [5.74, 6) is -0.0384. The van der Waals surface area contributed by atoms with Gasteiger partial charge in [0.2, 0.25) is 0 Å². The van der Waals surface area contributed by atoms with Crippen LogP contribution < -0.4 is 10.6 Å². The van der Waals surface area contributed by atoms with E-state index in [2.05, 4.69) is 0 Å². The van der Waals surface area contributed by atoms with Gasteiger partial charge in [-0.25, -0.2) is 0 Å². The first-order valence-corrected chi connectivity index (χ1v) is 7.03. The summed E-state index contributed by atoms with van der Waals surface area (Å²) in [5.41, 5.74) is 8.14. The molecule has 0 bridgehead atoms. The second-order valence-electron chi connectivity index (χ2n) is 4.71. The smallest absolute Gasteiger partial charge is 0.124 e. The molecule has 0 heterocycles. The first-order valence-electron chi connectivity index (χ1n) is 6.65. The maximum atomic E-state index is 9.31. The van der Waals surface area contributed by atoms with E-state index in [1.165, 1.54) is 0 Å². The number of hydrogen-bond acceptors (Lipinski definition) is 3. The van der Waals surface area contributed by atoms with Crippen molar-refractivity contribution in [1.29, 1.82) is 5.41 Å². The van der Waals surface area contributed by atoms with Crippen LogP contribution in [-0.2, 0) is 6.54 Å². The van der Waals surface area contributed by atoms with Gasteiger partial charge >= 0.3 is 0 Å². The summed E-state index contributed by atoms with van der Waals surface area (Å²) >= 11 is 5.98. The standard InChI is InChI=1S/C16H18ClN3O/c17-13-6-7-15(14(10-13)16(18)19)20(8-9-21)11-12-4-2-1-3-5-12/h1-7,10,21H,8-9,11H2,(H3,18,19). The number of aliphatic hydroxyl groups is 1. The average molecular weight is 304 g/mol. The molecule has 0 aliphatic heterocycles. The number of nitrogens with one attached hydrogen (secondary N) is 1. The Morgan fingerprint density at radius 3 is 2.52 bits per heavy atom. The number of rotatable bonds is 6. The Bertz CT molecular complexity index is 616. The van der Waals surface area contributed by atoms with Gasteiger partial charge in [-0.3, -0.25) is 5.41 Å². The average Bonchev–Trinajstić information content (AvgIpc) is 2.48. The molecule has 0 aliphatic rings. The molecule has 4 nitrogen and oxygen atoms in total. The van der Waals surface area contributed by atoms with E-state index in [1.54, 1.807) is 12.1 Å². The number of benzene rings is 2. The normalized spacial score (nSPS) is 10.4. The molecule has 110 valence electrons. The van der Waals surface area contributed by atoms with Crippen LogP contribution in [0, 0.1) is 5.41 Å². The van der Waals surface area contributed by atoms with Crippen molar-refractivity contribution in [3.8, 4) is 0 Å². The first kappa shape index (κ1) is 15.4. The van der Waals surface area contributed by atoms with Crippen LogP contribution in [0.5, 0.6) is 0 Å². The third-order valence-electron chi connectivity index (χ3n) is 3.18. The van der Waals surface area contributed by atoms with Gasteiger partial charge < -0.3 is 15.7 Å². The van der Waals surface area contributed by atoms with Crippen LogP contribution in [0.3, 0.4) is 0 Å². The fourth-order valence-corrected chi connectivity index (χ4v) is 2.38. The molecular weight excluding hydrogens is 286 g/mol. The Kier molecular flexibility index (Phi) is 5.20. The lowest BCUT2D eigenvalue weighted by Gasteiger charge is -2.26. The highest BCUT2D eigenvalue weighted by Gasteiger charge is 2.14. The highest BCUT2D eigenvalue weighted by atomic mass is 35.5. The molecule has 5 heteroatoms. The quantitative estimate of drug-likeness (QED) is 0.567. The Balaban J connectivity index is 2.36. The Labute approximate surface area is 129 Å². The van der Waals surface area contributed by atoms with E-state index in [0.717, 1.165) is 11.3 Å². The molecule has 0 radical (unpaired) electrons. The fraction of sp³-hybridized carbons (Fsp3) is 0.188. The molecule has 0 aromatic heterocycles. The van der Waals surface area contributed by atoms with Crippen molar-refractivity contribution >= 4 is 23.1 Å². The van der Waals surface area contributed by atoms with Crippen LogP contribution in [-0.4, -0.2) is 24.1 Å². The Morgan fingerprint density at radius 1 is 1.19 bits per heavy atom. The summed E-state index contributed by atoms with van der Waals surface area (Å²) < 4.78 is 0. The highest BCUT2D eigenvalue weighted by Crippen LogP contribution is 2.25. The van der Waals surface area contributed by atoms with Crippen molar-refractivity contribution in [1.82, 2.24) is 0 Å². The summed E-state index contributed by atoms with van der Waals surface area (Å²) in [6.45, 7) is 1.10. The van der Waals surface area contributed by atoms with Crippen LogP contribution in [0.15, 0.2) is 48.5 Å². The predicted octanol–water partition coefficient (Wildman–Crippen LogP) is 2.62. The maximum Gasteiger partial charge on any atom is 0.124 e. The van der Waals surface area contributed by atoms with Gasteiger partial charge in [-0.2, -0.15) is 0 Å². The molecular formula is C16H18ClN3O. The molecule has 0 fully saturated rings. The van der Waals surface area contributed by atoms with E-state index in [9.17, 15) is 5.11 Å². The predicted molar refractivity (Wildman–Crippen MR) is 87.0 cm³/mol. The van der Waals surface area contributed by atoms with Crippen molar-refractivity contribution in [3.63, 3.8) is 0 Å². The molecule has 2 rings (SSSR count). The number of halogens is 1. The molecule has 2 aromatic rings. The van der Waals surface area contributed by atoms with E-state index in [-0.39, 0.29) is 12.4 Å². The molecule has 0 aliphatic carbocycles. The summed E-state index contributed by atoms with van der Waals surface area (Å²) in [6, 6.07) is 15.2. The van der Waals surface area contributed by atoms with Crippen LogP contribution in [0.25, 0.3) is 0 Å². The number of anilines is 1. The zero-order valence-electron chi connectivity index (χ0n) is 11.6. The summed E-state index contributed by atoms with van der Waals surface area (Å²) in [4.78, 5) is 1.99. The van der Waals surface area contributed by atoms with Gasteiger partial charge in [0.05, 0.1) is 6.61 Å². The summed E-state index contributed by atoms with van der Waals surface area (Å²) in [6.07, 6.45) is 0. The minimum absolute atomic E-state index is 0.0206. The molecule has 0 unspecified atom stereocenters. The molecule has 4 N–H and O–H groups in total. The molecule has 0 atom stereocenters. The first-order chi connectivity index (χ1) is 10.1. The zero-order valence-corrected chi connectivity index (χ0v) is 12.3. The van der Waals surface area contributed by atoms with Gasteiger partial charge in [0.25, 0.3) is 0 Å². The topological polar surface area (TPSA) is 73.3 Å². The zero-order chi connectivity index (χ0) is 15.2. The van der Waals surface area contributed by atoms with Crippen LogP contribution in [0.2, 0.25) is 5.02 Å². The number of nitrogens with zero attached hydrogens (tertiary/aromatic N) is 1. The molecule has 0 saturated carbocycles. The fourth-order valence-electron chi connectivity index (χ4n) is 2.21. The molecule has 21 heavy (non-hydrogen) atoms. The van der Waals surface area contributed by atoms with Crippen LogP contribution in [0.1, 0.15) is 11.1 Å². The minimum atomic E-state index is -0.0384. The molecule has 0 amide bonds. The van der Waals surface area contributed by atoms with E-state index in [4.69, 9.17) is 22.7 Å². The summed E-state index contributed by atoms with van der Waals surface area (Å²) in [7, 11) is 0. The van der Waals surface area contributed by atoms with Gasteiger partial charge in [-0.15, -0.1) is 0 Å². The van der Waals surface area contributed by atoms with Crippen molar-refractivity contribution in [3.05, 3.63) is 64.7 Å². The van der Waals surface area contributed by atoms with Gasteiger partial charge in [-0.1, -0.05) is 41.9 Å². The molecule has 0 spiro atoms. The number of nitrogen functional groups attached to an aromatic ring is 1. The van der Waals surface area contributed by atoms with E-state index >= 15 is 0 Å². The summed E-state index contributed by atoms with van der Waals surface area (Å²) in [5, 5.41) is 17.6. The number of hydrogen-bond donors (Lipinski definition) is 3. The lowest BCUT2D eigenvalue weighted by atomic mass is 10.1. The van der Waals surface area contributed by atoms with Gasteiger partial charge in [0.1, 0.15) is 5.84 Å². The second-order valence-corrected chi connectivity index (χ2v) is 5.14. The minimum Gasteiger partial charge on any atom is -0.395 e. The third kappa shape index (κ3) is 3.97. The Morgan fingerprint density at radius 2 is 1.90 bits per heavy atom. The van der Waals surface area contributed by atoms with Crippen molar-refractivity contribution < 1.29 is 5.11 Å². The molecule has 2 aromatic carbocycles. The highest BCUT2D eigenvalue weighted by molar-refractivity contribution is 6.31. The molecule has 0 saturated heterocycles. The van der Waals surface area contributed by atoms with Crippen molar-refractivity contribution in [2.24, 2.45) is 5.73 Å². The lowest BCUT2D eigenvalue weighted by molar-refractivity contribution is 0.301. The second kappa shape index (κ2) is 7.11. The number of nitrogens with two attached hydrogens (primary N) is 1. The maximum absolute atomic E-state index is 9.31. The number of aliphatic hydroxyl groups excluding tert-OH is 1. The van der Waals surface area contributed by atoms with Crippen molar-refractivity contribution in [2.45, 2.75) is 6.54 Å². The lowest BCUT2D eigenvalue weighted by Crippen LogP contribution is -2.28.